The van der Waals surface area contributed by atoms with Gasteiger partial charge in [-0.05, 0) is 32.0 Å². The van der Waals surface area contributed by atoms with Gasteiger partial charge in [-0.1, -0.05) is 19.1 Å². The van der Waals surface area contributed by atoms with Crippen LogP contribution in [0.4, 0.5) is 5.82 Å². The highest BCUT2D eigenvalue weighted by molar-refractivity contribution is 5.78. The number of hydrogen-bond acceptors (Lipinski definition) is 8. The first kappa shape index (κ1) is 25.9. The molecule has 212 valence electrons. The first-order valence-electron chi connectivity index (χ1n) is 15.0. The molecule has 7 rings (SSSR count). The lowest BCUT2D eigenvalue weighted by Crippen LogP contribution is -2.52. The topological polar surface area (TPSA) is 70.2 Å². The van der Waals surface area contributed by atoms with Crippen LogP contribution in [-0.2, 0) is 17.7 Å². The van der Waals surface area contributed by atoms with Crippen molar-refractivity contribution >= 4 is 22.5 Å². The molecule has 0 N–H and O–H groups in total. The van der Waals surface area contributed by atoms with Crippen molar-refractivity contribution in [2.75, 3.05) is 77.5 Å². The number of imidazole rings is 1. The summed E-state index contributed by atoms with van der Waals surface area (Å²) in [5.41, 5.74) is 4.07. The van der Waals surface area contributed by atoms with Gasteiger partial charge in [-0.3, -0.25) is 14.4 Å². The third kappa shape index (κ3) is 4.98. The molecule has 10 heteroatoms. The summed E-state index contributed by atoms with van der Waals surface area (Å²) >= 11 is 0. The average Bonchev–Trinajstić information content (AvgIpc) is 3.58. The molecule has 0 unspecified atom stereocenters. The van der Waals surface area contributed by atoms with E-state index in [2.05, 4.69) is 68.5 Å². The number of rotatable bonds is 6. The summed E-state index contributed by atoms with van der Waals surface area (Å²) in [6.07, 6.45) is 3.32. The zero-order valence-corrected chi connectivity index (χ0v) is 23.9. The number of morpholine rings is 1. The van der Waals surface area contributed by atoms with Crippen molar-refractivity contribution in [3.05, 3.63) is 47.9 Å². The Kier molecular flexibility index (Phi) is 7.17. The second-order valence-electron chi connectivity index (χ2n) is 11.5. The van der Waals surface area contributed by atoms with Crippen LogP contribution in [0.15, 0.2) is 36.4 Å². The smallest absolute Gasteiger partial charge is 0.160 e. The molecule has 3 aromatic heterocycles. The molecule has 3 aliphatic heterocycles. The van der Waals surface area contributed by atoms with Gasteiger partial charge in [0.15, 0.2) is 5.65 Å². The number of likely N-dealkylation sites (N-methyl/N-ethyl adjacent to an activating group) is 1. The van der Waals surface area contributed by atoms with Crippen LogP contribution in [0.2, 0.25) is 0 Å². The van der Waals surface area contributed by atoms with Crippen molar-refractivity contribution in [2.45, 2.75) is 38.8 Å². The van der Waals surface area contributed by atoms with Crippen LogP contribution in [-0.4, -0.2) is 118 Å². The van der Waals surface area contributed by atoms with Crippen LogP contribution in [0.25, 0.3) is 22.5 Å². The molecule has 3 saturated heterocycles. The third-order valence-electron chi connectivity index (χ3n) is 8.95. The number of ether oxygens (including phenoxy) is 1. The summed E-state index contributed by atoms with van der Waals surface area (Å²) in [6.45, 7) is 13.2. The molecule has 0 atom stereocenters. The molecular formula is C30H41N9O. The summed E-state index contributed by atoms with van der Waals surface area (Å²) in [7, 11) is 2.23. The summed E-state index contributed by atoms with van der Waals surface area (Å²) in [5.74, 6) is 3.00. The monoisotopic (exact) mass is 543 g/mol. The maximum Gasteiger partial charge on any atom is 0.160 e. The van der Waals surface area contributed by atoms with Gasteiger partial charge >= 0.3 is 0 Å². The Bertz CT molecular complexity index is 1460. The molecule has 40 heavy (non-hydrogen) atoms. The van der Waals surface area contributed by atoms with Crippen LogP contribution in [0, 0.1) is 0 Å². The van der Waals surface area contributed by atoms with E-state index in [0.717, 1.165) is 98.2 Å². The molecule has 10 nitrogen and oxygen atoms in total. The highest BCUT2D eigenvalue weighted by Crippen LogP contribution is 2.27. The highest BCUT2D eigenvalue weighted by atomic mass is 16.5. The lowest BCUT2D eigenvalue weighted by Gasteiger charge is -2.42. The zero-order chi connectivity index (χ0) is 27.1. The minimum absolute atomic E-state index is 0.723. The predicted octanol–water partition coefficient (Wildman–Crippen LogP) is 2.68. The normalized spacial score (nSPS) is 20.7. The van der Waals surface area contributed by atoms with Gasteiger partial charge in [-0.25, -0.2) is 9.97 Å². The number of aromatic nitrogens is 5. The number of aryl methyl sites for hydroxylation is 1. The van der Waals surface area contributed by atoms with Gasteiger partial charge in [0.1, 0.15) is 17.5 Å². The molecular weight excluding hydrogens is 502 g/mol. The van der Waals surface area contributed by atoms with Crippen molar-refractivity contribution in [1.29, 1.82) is 0 Å². The number of hydrogen-bond donors (Lipinski definition) is 0. The number of likely N-dealkylation sites (tertiary alicyclic amines) is 1. The van der Waals surface area contributed by atoms with E-state index in [1.165, 1.54) is 39.0 Å². The summed E-state index contributed by atoms with van der Waals surface area (Å²) in [5, 5.41) is 5.12. The molecule has 0 radical (unpaired) electrons. The minimum atomic E-state index is 0.723. The fourth-order valence-corrected chi connectivity index (χ4v) is 6.63. The number of piperazine rings is 1. The number of anilines is 1. The molecule has 0 aliphatic carbocycles. The number of piperidine rings is 1. The zero-order valence-electron chi connectivity index (χ0n) is 23.9. The molecule has 0 saturated carbocycles. The fourth-order valence-electron chi connectivity index (χ4n) is 6.63. The first-order valence-corrected chi connectivity index (χ1v) is 15.0. The average molecular weight is 544 g/mol. The second-order valence-corrected chi connectivity index (χ2v) is 11.5. The van der Waals surface area contributed by atoms with Gasteiger partial charge in [-0.15, -0.1) is 0 Å². The molecule has 3 aliphatic rings. The molecule has 6 heterocycles. The Labute approximate surface area is 236 Å². The van der Waals surface area contributed by atoms with E-state index in [1.54, 1.807) is 0 Å². The van der Waals surface area contributed by atoms with Crippen LogP contribution >= 0.6 is 0 Å². The Morgan fingerprint density at radius 3 is 2.45 bits per heavy atom. The van der Waals surface area contributed by atoms with E-state index in [1.807, 2.05) is 10.6 Å². The van der Waals surface area contributed by atoms with Crippen LogP contribution in [0.5, 0.6) is 0 Å². The third-order valence-corrected chi connectivity index (χ3v) is 8.95. The van der Waals surface area contributed by atoms with Crippen molar-refractivity contribution in [3.8, 4) is 5.82 Å². The van der Waals surface area contributed by atoms with Crippen molar-refractivity contribution in [1.82, 2.24) is 38.8 Å². The van der Waals surface area contributed by atoms with E-state index in [0.29, 0.717) is 0 Å². The molecule has 1 aromatic carbocycles. The number of benzene rings is 1. The maximum atomic E-state index is 5.68. The quantitative estimate of drug-likeness (QED) is 0.368. The Balaban J connectivity index is 1.17. The van der Waals surface area contributed by atoms with Crippen molar-refractivity contribution < 1.29 is 4.74 Å². The first-order chi connectivity index (χ1) is 19.7. The lowest BCUT2D eigenvalue weighted by atomic mass is 10.0. The second kappa shape index (κ2) is 11.1. The van der Waals surface area contributed by atoms with E-state index in [4.69, 9.17) is 19.8 Å². The summed E-state index contributed by atoms with van der Waals surface area (Å²) < 4.78 is 9.94. The standard InChI is InChI=1S/C30H41N9O/c1-3-27-31-25-6-4-5-7-26(25)38(27)28-21-30(37-16-18-40-19-17-37)39-29(32-28)20-23(33-39)22-35-10-8-24(9-11-35)36-14-12-34(2)13-15-36/h4-7,20-21,24H,3,8-19,22H2,1-2H3. The van der Waals surface area contributed by atoms with Crippen LogP contribution in [0.3, 0.4) is 0 Å². The van der Waals surface area contributed by atoms with Gasteiger partial charge < -0.3 is 14.5 Å². The largest absolute Gasteiger partial charge is 0.378 e. The Morgan fingerprint density at radius 2 is 1.68 bits per heavy atom. The molecule has 3 fully saturated rings. The van der Waals surface area contributed by atoms with E-state index >= 15 is 0 Å². The lowest BCUT2D eigenvalue weighted by molar-refractivity contribution is 0.0654. The van der Waals surface area contributed by atoms with Gasteiger partial charge in [-0.2, -0.15) is 9.61 Å². The van der Waals surface area contributed by atoms with Gasteiger partial charge in [0.2, 0.25) is 0 Å². The van der Waals surface area contributed by atoms with Crippen molar-refractivity contribution in [2.24, 2.45) is 0 Å². The number of nitrogens with zero attached hydrogens (tertiary/aromatic N) is 9. The SMILES string of the molecule is CCc1nc2ccccc2n1-c1cc(N2CCOCC2)n2nc(CN3CCC(N4CCN(C)CC4)CC3)cc2n1. The molecule has 0 amide bonds. The van der Waals surface area contributed by atoms with E-state index in [9.17, 15) is 0 Å². The molecule has 0 spiro atoms. The van der Waals surface area contributed by atoms with Gasteiger partial charge in [0.05, 0.1) is 29.9 Å². The number of fused-ring (bicyclic) bond motifs is 2. The molecule has 0 bridgehead atoms. The predicted molar refractivity (Wildman–Crippen MR) is 157 cm³/mol. The fraction of sp³-hybridized carbons (Fsp3) is 0.567. The van der Waals surface area contributed by atoms with E-state index < -0.39 is 0 Å². The van der Waals surface area contributed by atoms with Gasteiger partial charge in [0, 0.05) is 83.5 Å². The van der Waals surface area contributed by atoms with Crippen LogP contribution in [0.1, 0.15) is 31.3 Å². The van der Waals surface area contributed by atoms with E-state index in [-0.39, 0.29) is 0 Å². The Morgan fingerprint density at radius 1 is 0.900 bits per heavy atom. The van der Waals surface area contributed by atoms with Gasteiger partial charge in [0.25, 0.3) is 0 Å². The highest BCUT2D eigenvalue weighted by Gasteiger charge is 2.27. The van der Waals surface area contributed by atoms with Crippen molar-refractivity contribution in [3.63, 3.8) is 0 Å². The van der Waals surface area contributed by atoms with Crippen LogP contribution < -0.4 is 4.90 Å². The molecule has 4 aromatic rings. The number of para-hydroxylation sites is 2. The summed E-state index contributed by atoms with van der Waals surface area (Å²) in [6, 6.07) is 13.4. The minimum Gasteiger partial charge on any atom is -0.378 e. The Hall–Kier alpha value is -3.05. The maximum absolute atomic E-state index is 5.68. The summed E-state index contributed by atoms with van der Waals surface area (Å²) in [4.78, 5) is 20.2.